The van der Waals surface area contributed by atoms with Crippen molar-refractivity contribution in [2.75, 3.05) is 0 Å². The van der Waals surface area contributed by atoms with Gasteiger partial charge in [-0.25, -0.2) is 0 Å². The summed E-state index contributed by atoms with van der Waals surface area (Å²) in [6, 6.07) is 0. The van der Waals surface area contributed by atoms with Crippen LogP contribution in [0.1, 0.15) is 272 Å². The molecule has 0 aliphatic rings. The van der Waals surface area contributed by atoms with Crippen molar-refractivity contribution < 1.29 is 19.1 Å². The Morgan fingerprint density at radius 1 is 0.300 bits per heavy atom. The first-order chi connectivity index (χ1) is 24.6. The number of hydrogen-bond acceptors (Lipinski definition) is 4. The number of rotatable bonds is 41. The summed E-state index contributed by atoms with van der Waals surface area (Å²) < 4.78 is 12.0. The second-order valence-electron chi connectivity index (χ2n) is 15.8. The van der Waals surface area contributed by atoms with Crippen molar-refractivity contribution >= 4 is 11.9 Å². The van der Waals surface area contributed by atoms with Crippen molar-refractivity contribution in [3.05, 3.63) is 0 Å². The summed E-state index contributed by atoms with van der Waals surface area (Å²) in [6.45, 7) is 9.06. The molecule has 0 rings (SSSR count). The monoisotopic (exact) mass is 707 g/mol. The highest BCUT2D eigenvalue weighted by Gasteiger charge is 2.15. The molecule has 0 aromatic rings. The Hall–Kier alpha value is -1.06. The highest BCUT2D eigenvalue weighted by Crippen LogP contribution is 2.20. The standard InChI is InChI=1S/C46H90O4/c1-5-9-13-17-22-28-34-40-43(37-31-25-16-12-8-4)49-45(47)41-35-29-23-20-21-24-30-36-42-46(48)50-44(38-32-26-18-14-10-6-2)39-33-27-19-15-11-7-3/h43-44H,5-42H2,1-4H3. The lowest BCUT2D eigenvalue weighted by Gasteiger charge is -2.18. The number of esters is 2. The smallest absolute Gasteiger partial charge is 0.306 e. The van der Waals surface area contributed by atoms with E-state index in [-0.39, 0.29) is 24.1 Å². The molecule has 1 unspecified atom stereocenters. The fourth-order valence-electron chi connectivity index (χ4n) is 7.22. The van der Waals surface area contributed by atoms with Crippen LogP contribution in [0.5, 0.6) is 0 Å². The molecule has 0 spiro atoms. The van der Waals surface area contributed by atoms with Crippen molar-refractivity contribution in [3.8, 4) is 0 Å². The lowest BCUT2D eigenvalue weighted by Crippen LogP contribution is -2.18. The van der Waals surface area contributed by atoms with Crippen molar-refractivity contribution in [2.45, 2.75) is 284 Å². The first kappa shape index (κ1) is 48.9. The number of carbonyl (C=O) groups is 2. The molecule has 0 bridgehead atoms. The Labute approximate surface area is 314 Å². The average Bonchev–Trinajstić information content (AvgIpc) is 3.11. The van der Waals surface area contributed by atoms with Crippen LogP contribution in [-0.4, -0.2) is 24.1 Å². The summed E-state index contributed by atoms with van der Waals surface area (Å²) in [5, 5.41) is 0. The number of unbranched alkanes of at least 4 members (excludes halogenated alkanes) is 27. The number of carbonyl (C=O) groups excluding carboxylic acids is 2. The van der Waals surface area contributed by atoms with Gasteiger partial charge in [-0.2, -0.15) is 0 Å². The van der Waals surface area contributed by atoms with E-state index in [2.05, 4.69) is 27.7 Å². The molecule has 0 amide bonds. The van der Waals surface area contributed by atoms with Crippen LogP contribution >= 0.6 is 0 Å². The van der Waals surface area contributed by atoms with E-state index in [9.17, 15) is 9.59 Å². The zero-order chi connectivity index (χ0) is 36.6. The summed E-state index contributed by atoms with van der Waals surface area (Å²) in [5.74, 6) is 0.0552. The summed E-state index contributed by atoms with van der Waals surface area (Å²) >= 11 is 0. The predicted octanol–water partition coefficient (Wildman–Crippen LogP) is 15.7. The van der Waals surface area contributed by atoms with Gasteiger partial charge in [-0.3, -0.25) is 9.59 Å². The van der Waals surface area contributed by atoms with Crippen LogP contribution in [0.3, 0.4) is 0 Å². The van der Waals surface area contributed by atoms with Gasteiger partial charge >= 0.3 is 11.9 Å². The van der Waals surface area contributed by atoms with E-state index in [1.165, 1.54) is 180 Å². The molecule has 0 saturated carbocycles. The average molecular weight is 707 g/mol. The van der Waals surface area contributed by atoms with Crippen LogP contribution < -0.4 is 0 Å². The third-order valence-electron chi connectivity index (χ3n) is 10.6. The maximum absolute atomic E-state index is 12.7. The maximum atomic E-state index is 12.7. The van der Waals surface area contributed by atoms with E-state index in [1.54, 1.807) is 0 Å². The van der Waals surface area contributed by atoms with Crippen LogP contribution in [0, 0.1) is 0 Å². The topological polar surface area (TPSA) is 52.6 Å². The fraction of sp³-hybridized carbons (Fsp3) is 0.957. The van der Waals surface area contributed by atoms with Crippen LogP contribution in [0.2, 0.25) is 0 Å². The first-order valence-corrected chi connectivity index (χ1v) is 23.0. The number of ether oxygens (including phenoxy) is 2. The molecule has 0 aromatic heterocycles. The van der Waals surface area contributed by atoms with Crippen LogP contribution in [0.25, 0.3) is 0 Å². The molecule has 1 atom stereocenters. The lowest BCUT2D eigenvalue weighted by atomic mass is 10.0. The van der Waals surface area contributed by atoms with E-state index < -0.39 is 0 Å². The number of hydrogen-bond donors (Lipinski definition) is 0. The molecular formula is C46H90O4. The van der Waals surface area contributed by atoms with Gasteiger partial charge in [0.05, 0.1) is 0 Å². The molecule has 0 radical (unpaired) electrons. The van der Waals surface area contributed by atoms with Gasteiger partial charge in [0.15, 0.2) is 0 Å². The van der Waals surface area contributed by atoms with Crippen LogP contribution in [-0.2, 0) is 19.1 Å². The minimum absolute atomic E-state index is 0.0274. The van der Waals surface area contributed by atoms with Gasteiger partial charge in [-0.15, -0.1) is 0 Å². The Balaban J connectivity index is 4.10. The third-order valence-corrected chi connectivity index (χ3v) is 10.6. The maximum Gasteiger partial charge on any atom is 0.306 e. The van der Waals surface area contributed by atoms with E-state index in [0.29, 0.717) is 12.8 Å². The van der Waals surface area contributed by atoms with Crippen LogP contribution in [0.4, 0.5) is 0 Å². The molecule has 0 N–H and O–H groups in total. The lowest BCUT2D eigenvalue weighted by molar-refractivity contribution is -0.151. The summed E-state index contributed by atoms with van der Waals surface area (Å²) in [7, 11) is 0. The molecule has 0 saturated heterocycles. The minimum Gasteiger partial charge on any atom is -0.462 e. The normalized spacial score (nSPS) is 12.1. The highest BCUT2D eigenvalue weighted by atomic mass is 16.5. The molecule has 4 nitrogen and oxygen atoms in total. The van der Waals surface area contributed by atoms with E-state index in [4.69, 9.17) is 9.47 Å². The predicted molar refractivity (Wildman–Crippen MR) is 218 cm³/mol. The van der Waals surface area contributed by atoms with Crippen molar-refractivity contribution in [2.24, 2.45) is 0 Å². The fourth-order valence-corrected chi connectivity index (χ4v) is 7.22. The van der Waals surface area contributed by atoms with Gasteiger partial charge in [0.2, 0.25) is 0 Å². The second-order valence-corrected chi connectivity index (χ2v) is 15.8. The van der Waals surface area contributed by atoms with Crippen molar-refractivity contribution in [1.82, 2.24) is 0 Å². The van der Waals surface area contributed by atoms with Crippen molar-refractivity contribution in [1.29, 1.82) is 0 Å². The molecule has 0 aliphatic heterocycles. The van der Waals surface area contributed by atoms with E-state index >= 15 is 0 Å². The van der Waals surface area contributed by atoms with Gasteiger partial charge in [0.25, 0.3) is 0 Å². The van der Waals surface area contributed by atoms with Gasteiger partial charge < -0.3 is 9.47 Å². The zero-order valence-corrected chi connectivity index (χ0v) is 34.7. The second kappa shape index (κ2) is 40.7. The van der Waals surface area contributed by atoms with Gasteiger partial charge in [-0.1, -0.05) is 195 Å². The zero-order valence-electron chi connectivity index (χ0n) is 34.7. The van der Waals surface area contributed by atoms with Gasteiger partial charge in [0, 0.05) is 12.8 Å². The SMILES string of the molecule is CCCCCCCCCC(CCCCCCC)OC(=O)CCCCCCCCCCC(=O)OC(CCCCCCCC)CCCCCCCC. The Kier molecular flexibility index (Phi) is 39.8. The van der Waals surface area contributed by atoms with Gasteiger partial charge in [-0.05, 0) is 64.2 Å². The summed E-state index contributed by atoms with van der Waals surface area (Å²) in [6.07, 6.45) is 45.5. The quantitative estimate of drug-likeness (QED) is 0.0469. The van der Waals surface area contributed by atoms with Crippen LogP contribution in [0.15, 0.2) is 0 Å². The minimum atomic E-state index is 0.0274. The first-order valence-electron chi connectivity index (χ1n) is 23.0. The third kappa shape index (κ3) is 36.7. The summed E-state index contributed by atoms with van der Waals surface area (Å²) in [5.41, 5.74) is 0. The Morgan fingerprint density at radius 3 is 0.740 bits per heavy atom. The van der Waals surface area contributed by atoms with E-state index in [1.807, 2.05) is 0 Å². The molecule has 298 valence electrons. The molecule has 0 heterocycles. The highest BCUT2D eigenvalue weighted by molar-refractivity contribution is 5.69. The van der Waals surface area contributed by atoms with Gasteiger partial charge in [0.1, 0.15) is 12.2 Å². The molecule has 50 heavy (non-hydrogen) atoms. The Morgan fingerprint density at radius 2 is 0.500 bits per heavy atom. The summed E-state index contributed by atoms with van der Waals surface area (Å²) in [4.78, 5) is 25.3. The largest absolute Gasteiger partial charge is 0.462 e. The van der Waals surface area contributed by atoms with E-state index in [0.717, 1.165) is 51.4 Å². The molecule has 0 aliphatic carbocycles. The molecule has 0 fully saturated rings. The Bertz CT molecular complexity index is 676. The van der Waals surface area contributed by atoms with Crippen molar-refractivity contribution in [3.63, 3.8) is 0 Å². The molecule has 4 heteroatoms. The molecular weight excluding hydrogens is 617 g/mol. The molecule has 0 aromatic carbocycles.